The normalized spacial score (nSPS) is 33.2. The molecule has 2 heteroatoms. The van der Waals surface area contributed by atoms with Gasteiger partial charge in [-0.05, 0) is 37.0 Å². The summed E-state index contributed by atoms with van der Waals surface area (Å²) < 4.78 is 0. The first-order valence-electron chi connectivity index (χ1n) is 6.01. The molecule has 2 saturated carbocycles. The molecule has 0 heterocycles. The number of aliphatic hydroxyl groups excluding tert-OH is 1. The van der Waals surface area contributed by atoms with Crippen LogP contribution >= 0.6 is 0 Å². The van der Waals surface area contributed by atoms with Gasteiger partial charge in [-0.2, -0.15) is 0 Å². The summed E-state index contributed by atoms with van der Waals surface area (Å²) in [5, 5.41) is 13.3. The summed E-state index contributed by atoms with van der Waals surface area (Å²) in [6.45, 7) is 5.47. The molecule has 0 aromatic rings. The summed E-state index contributed by atoms with van der Waals surface area (Å²) in [7, 11) is 0. The van der Waals surface area contributed by atoms with Crippen LogP contribution in [0.25, 0.3) is 0 Å². The molecule has 0 spiro atoms. The first-order chi connectivity index (χ1) is 6.59. The summed E-state index contributed by atoms with van der Waals surface area (Å²) in [4.78, 5) is 0. The molecule has 0 saturated heterocycles. The van der Waals surface area contributed by atoms with E-state index < -0.39 is 0 Å². The fraction of sp³-hybridized carbons (Fsp3) is 1.00. The molecule has 2 nitrogen and oxygen atoms in total. The Balaban J connectivity index is 1.74. The second-order valence-corrected chi connectivity index (χ2v) is 5.75. The number of hydrogen-bond donors (Lipinski definition) is 2. The fourth-order valence-corrected chi connectivity index (χ4v) is 2.62. The van der Waals surface area contributed by atoms with Crippen LogP contribution in [0.5, 0.6) is 0 Å². The van der Waals surface area contributed by atoms with Gasteiger partial charge in [0.05, 0.1) is 6.10 Å². The second-order valence-electron chi connectivity index (χ2n) is 5.75. The zero-order valence-electron chi connectivity index (χ0n) is 9.42. The molecule has 2 N–H and O–H groups in total. The van der Waals surface area contributed by atoms with Gasteiger partial charge in [-0.1, -0.05) is 20.3 Å². The van der Waals surface area contributed by atoms with Crippen molar-refractivity contribution in [1.82, 2.24) is 5.32 Å². The molecule has 2 unspecified atom stereocenters. The Hall–Kier alpha value is -0.0800. The molecule has 2 fully saturated rings. The summed E-state index contributed by atoms with van der Waals surface area (Å²) in [6, 6.07) is 0.621. The van der Waals surface area contributed by atoms with Crippen LogP contribution in [0.3, 0.4) is 0 Å². The molecule has 0 bridgehead atoms. The second kappa shape index (κ2) is 3.82. The van der Waals surface area contributed by atoms with E-state index in [1.165, 1.54) is 32.1 Å². The van der Waals surface area contributed by atoms with E-state index in [9.17, 15) is 5.11 Å². The number of aliphatic hydroxyl groups is 1. The van der Waals surface area contributed by atoms with E-state index >= 15 is 0 Å². The topological polar surface area (TPSA) is 32.3 Å². The monoisotopic (exact) mass is 197 g/mol. The molecular formula is C12H23NO. The average molecular weight is 197 g/mol. The molecule has 82 valence electrons. The maximum Gasteiger partial charge on any atom is 0.0692 e. The predicted molar refractivity (Wildman–Crippen MR) is 58.2 cm³/mol. The zero-order chi connectivity index (χ0) is 10.2. The Bertz CT molecular complexity index is 198. The lowest BCUT2D eigenvalue weighted by Gasteiger charge is -2.28. The van der Waals surface area contributed by atoms with Crippen molar-refractivity contribution < 1.29 is 5.11 Å². The van der Waals surface area contributed by atoms with Gasteiger partial charge in [0, 0.05) is 12.6 Å². The maximum absolute atomic E-state index is 9.76. The van der Waals surface area contributed by atoms with Crippen molar-refractivity contribution in [3.05, 3.63) is 0 Å². The first kappa shape index (κ1) is 10.4. The van der Waals surface area contributed by atoms with Crippen LogP contribution in [0.1, 0.15) is 46.0 Å². The molecule has 2 aliphatic carbocycles. The fourth-order valence-electron chi connectivity index (χ4n) is 2.62. The van der Waals surface area contributed by atoms with Gasteiger partial charge in [0.25, 0.3) is 0 Å². The Morgan fingerprint density at radius 1 is 1.36 bits per heavy atom. The molecule has 2 rings (SSSR count). The predicted octanol–water partition coefficient (Wildman–Crippen LogP) is 1.93. The number of nitrogens with one attached hydrogen (secondary N) is 1. The van der Waals surface area contributed by atoms with Gasteiger partial charge < -0.3 is 10.4 Å². The highest BCUT2D eigenvalue weighted by atomic mass is 16.3. The molecule has 0 aromatic heterocycles. The van der Waals surface area contributed by atoms with Gasteiger partial charge in [-0.15, -0.1) is 0 Å². The van der Waals surface area contributed by atoms with Crippen molar-refractivity contribution in [2.45, 2.75) is 58.1 Å². The van der Waals surface area contributed by atoms with Crippen LogP contribution < -0.4 is 5.32 Å². The van der Waals surface area contributed by atoms with Gasteiger partial charge in [0.2, 0.25) is 0 Å². The third-order valence-corrected chi connectivity index (χ3v) is 4.00. The minimum atomic E-state index is -0.0913. The van der Waals surface area contributed by atoms with Crippen LogP contribution in [-0.4, -0.2) is 23.8 Å². The summed E-state index contributed by atoms with van der Waals surface area (Å²) in [6.07, 6.45) is 6.32. The molecule has 0 amide bonds. The third kappa shape index (κ3) is 2.29. The molecule has 0 aliphatic heterocycles. The highest BCUT2D eigenvalue weighted by Crippen LogP contribution is 2.37. The Labute approximate surface area is 87.1 Å². The van der Waals surface area contributed by atoms with Crippen molar-refractivity contribution in [2.24, 2.45) is 11.3 Å². The molecule has 2 atom stereocenters. The van der Waals surface area contributed by atoms with E-state index in [2.05, 4.69) is 19.2 Å². The molecule has 0 radical (unpaired) electrons. The van der Waals surface area contributed by atoms with Gasteiger partial charge in [-0.25, -0.2) is 0 Å². The van der Waals surface area contributed by atoms with Crippen molar-refractivity contribution in [2.75, 3.05) is 6.54 Å². The van der Waals surface area contributed by atoms with Gasteiger partial charge in [0.15, 0.2) is 0 Å². The number of rotatable bonds is 4. The summed E-state index contributed by atoms with van der Waals surface area (Å²) in [5.41, 5.74) is 0.434. The highest BCUT2D eigenvalue weighted by molar-refractivity contribution is 4.91. The van der Waals surface area contributed by atoms with Crippen LogP contribution in [0.15, 0.2) is 0 Å². The Morgan fingerprint density at radius 2 is 2.07 bits per heavy atom. The molecule has 14 heavy (non-hydrogen) atoms. The van der Waals surface area contributed by atoms with E-state index in [1.54, 1.807) is 0 Å². The average Bonchev–Trinajstić information content (AvgIpc) is 2.88. The van der Waals surface area contributed by atoms with Gasteiger partial charge in [0.1, 0.15) is 0 Å². The smallest absolute Gasteiger partial charge is 0.0692 e. The summed E-state index contributed by atoms with van der Waals surface area (Å²) >= 11 is 0. The molecule has 2 aliphatic rings. The third-order valence-electron chi connectivity index (χ3n) is 4.00. The largest absolute Gasteiger partial charge is 0.392 e. The maximum atomic E-state index is 9.76. The van der Waals surface area contributed by atoms with Gasteiger partial charge in [-0.3, -0.25) is 0 Å². The van der Waals surface area contributed by atoms with E-state index in [-0.39, 0.29) is 6.10 Å². The molecule has 0 aromatic carbocycles. The zero-order valence-corrected chi connectivity index (χ0v) is 9.42. The van der Waals surface area contributed by atoms with E-state index in [4.69, 9.17) is 0 Å². The Kier molecular flexibility index (Phi) is 2.85. The quantitative estimate of drug-likeness (QED) is 0.721. The van der Waals surface area contributed by atoms with Crippen LogP contribution in [0.2, 0.25) is 0 Å². The minimum Gasteiger partial charge on any atom is -0.392 e. The lowest BCUT2D eigenvalue weighted by molar-refractivity contribution is 0.136. The van der Waals surface area contributed by atoms with Crippen molar-refractivity contribution in [3.8, 4) is 0 Å². The summed E-state index contributed by atoms with van der Waals surface area (Å²) in [5.74, 6) is 0.604. The number of hydrogen-bond acceptors (Lipinski definition) is 2. The molecular weight excluding hydrogens is 174 g/mol. The van der Waals surface area contributed by atoms with Crippen molar-refractivity contribution in [3.63, 3.8) is 0 Å². The van der Waals surface area contributed by atoms with Crippen molar-refractivity contribution >= 4 is 0 Å². The first-order valence-corrected chi connectivity index (χ1v) is 6.01. The van der Waals surface area contributed by atoms with E-state index in [1.807, 2.05) is 0 Å². The van der Waals surface area contributed by atoms with Crippen LogP contribution in [0.4, 0.5) is 0 Å². The van der Waals surface area contributed by atoms with Gasteiger partial charge >= 0.3 is 0 Å². The van der Waals surface area contributed by atoms with Crippen LogP contribution in [0, 0.1) is 11.3 Å². The lowest BCUT2D eigenvalue weighted by Crippen LogP contribution is -2.42. The Morgan fingerprint density at radius 3 is 2.57 bits per heavy atom. The van der Waals surface area contributed by atoms with Crippen molar-refractivity contribution in [1.29, 1.82) is 0 Å². The van der Waals surface area contributed by atoms with Crippen LogP contribution in [-0.2, 0) is 0 Å². The minimum absolute atomic E-state index is 0.0913. The van der Waals surface area contributed by atoms with E-state index in [0.29, 0.717) is 17.4 Å². The lowest BCUT2D eigenvalue weighted by atomic mass is 9.87. The highest BCUT2D eigenvalue weighted by Gasteiger charge is 2.35. The standard InChI is InChI=1S/C12H23NO/c1-12(2)7-3-4-11(12)13-8-10(14)9-5-6-9/h9-11,13-14H,3-8H2,1-2H3. The SMILES string of the molecule is CC1(C)CCCC1NCC(O)C1CC1. The van der Waals surface area contributed by atoms with E-state index in [0.717, 1.165) is 6.54 Å².